The lowest BCUT2D eigenvalue weighted by Crippen LogP contribution is -2.28. The third-order valence-electron chi connectivity index (χ3n) is 15.1. The van der Waals surface area contributed by atoms with E-state index in [1.54, 1.807) is 0 Å². The molecule has 0 N–H and O–H groups in total. The van der Waals surface area contributed by atoms with Crippen LogP contribution in [0.15, 0.2) is 224 Å². The highest BCUT2D eigenvalue weighted by atomic mass is 32.1. The zero-order chi connectivity index (χ0) is 41.7. The molecular weight excluding hydrogens is 791 g/mol. The molecule has 296 valence electrons. The van der Waals surface area contributed by atoms with Gasteiger partial charge < -0.3 is 4.90 Å². The third kappa shape index (κ3) is 4.07. The van der Waals surface area contributed by atoms with E-state index in [-0.39, 0.29) is 0 Å². The topological polar surface area (TPSA) is 3.24 Å². The molecule has 1 nitrogen and oxygen atoms in total. The summed E-state index contributed by atoms with van der Waals surface area (Å²) in [5.74, 6) is 0. The van der Waals surface area contributed by atoms with Crippen LogP contribution in [0.1, 0.15) is 44.5 Å². The molecule has 0 bridgehead atoms. The minimum atomic E-state index is -0.534. The van der Waals surface area contributed by atoms with Crippen molar-refractivity contribution in [3.8, 4) is 44.5 Å². The van der Waals surface area contributed by atoms with Crippen molar-refractivity contribution in [3.05, 3.63) is 269 Å². The first-order valence-electron chi connectivity index (χ1n) is 22.3. The fourth-order valence-electron chi connectivity index (χ4n) is 12.9. The van der Waals surface area contributed by atoms with Crippen molar-refractivity contribution in [3.63, 3.8) is 0 Å². The normalized spacial score (nSPS) is 14.5. The van der Waals surface area contributed by atoms with Crippen molar-refractivity contribution in [1.82, 2.24) is 0 Å². The van der Waals surface area contributed by atoms with Crippen LogP contribution in [-0.4, -0.2) is 0 Å². The standard InChI is InChI=1S/C62H37NS/c1-8-25-48-39(17-1)40-18-2-9-26-49(40)61(48)53-30-13-6-23-46(53)59-54(61)31-16-32-55(59)63(38-35-36-58-47(37-38)44-22-7-14-34-57(44)64-58)56-33-15-24-45-43-21-5-12-29-52(43)62(60(45)56)50-27-10-3-19-41(50)42-20-4-11-28-51(42)62/h1-37H. The number of anilines is 3. The lowest BCUT2D eigenvalue weighted by molar-refractivity contribution is 0.791. The van der Waals surface area contributed by atoms with E-state index in [1.807, 2.05) is 11.3 Å². The first kappa shape index (κ1) is 34.8. The monoisotopic (exact) mass is 827 g/mol. The van der Waals surface area contributed by atoms with Crippen molar-refractivity contribution >= 4 is 48.6 Å². The average Bonchev–Trinajstić information content (AvgIpc) is 4.13. The summed E-state index contributed by atoms with van der Waals surface area (Å²) in [6, 6.07) is 85.3. The zero-order valence-electron chi connectivity index (χ0n) is 34.7. The molecule has 2 spiro atoms. The van der Waals surface area contributed by atoms with E-state index in [1.165, 1.54) is 121 Å². The summed E-state index contributed by atoms with van der Waals surface area (Å²) in [6.07, 6.45) is 0. The van der Waals surface area contributed by atoms with E-state index in [9.17, 15) is 0 Å². The average molecular weight is 828 g/mol. The fraction of sp³-hybridized carbons (Fsp3) is 0.0323. The number of benzene rings is 10. The Morgan fingerprint density at radius 1 is 0.297 bits per heavy atom. The van der Waals surface area contributed by atoms with Crippen LogP contribution in [0.4, 0.5) is 17.1 Å². The zero-order valence-corrected chi connectivity index (χ0v) is 35.5. The molecule has 2 heteroatoms. The Kier molecular flexibility index (Phi) is 6.76. The van der Waals surface area contributed by atoms with Crippen molar-refractivity contribution in [2.75, 3.05) is 4.90 Å². The fourth-order valence-corrected chi connectivity index (χ4v) is 14.0. The van der Waals surface area contributed by atoms with E-state index < -0.39 is 10.8 Å². The largest absolute Gasteiger partial charge is 0.309 e. The third-order valence-corrected chi connectivity index (χ3v) is 16.2. The van der Waals surface area contributed by atoms with Crippen molar-refractivity contribution < 1.29 is 0 Å². The van der Waals surface area contributed by atoms with Gasteiger partial charge in [0, 0.05) is 37.0 Å². The number of rotatable bonds is 3. The van der Waals surface area contributed by atoms with E-state index >= 15 is 0 Å². The molecule has 4 aliphatic rings. The summed E-state index contributed by atoms with van der Waals surface area (Å²) in [5, 5.41) is 2.58. The molecule has 11 aromatic rings. The van der Waals surface area contributed by atoms with Crippen LogP contribution in [0.5, 0.6) is 0 Å². The Morgan fingerprint density at radius 2 is 0.719 bits per heavy atom. The number of fused-ring (bicyclic) bond motifs is 23. The van der Waals surface area contributed by atoms with Gasteiger partial charge in [-0.05, 0) is 114 Å². The molecule has 10 aromatic carbocycles. The maximum Gasteiger partial charge on any atom is 0.0746 e. The molecule has 0 atom stereocenters. The maximum atomic E-state index is 2.64. The Bertz CT molecular complexity index is 3720. The van der Waals surface area contributed by atoms with Gasteiger partial charge in [0.05, 0.1) is 22.2 Å². The molecule has 4 aliphatic carbocycles. The van der Waals surface area contributed by atoms with Gasteiger partial charge in [0.25, 0.3) is 0 Å². The summed E-state index contributed by atoms with van der Waals surface area (Å²) in [5.41, 5.74) is 23.7. The van der Waals surface area contributed by atoms with Gasteiger partial charge in [0.1, 0.15) is 0 Å². The molecule has 1 aromatic heterocycles. The highest BCUT2D eigenvalue weighted by molar-refractivity contribution is 7.25. The summed E-state index contributed by atoms with van der Waals surface area (Å²) in [7, 11) is 0. The molecule has 0 saturated heterocycles. The number of nitrogens with zero attached hydrogens (tertiary/aromatic N) is 1. The highest BCUT2D eigenvalue weighted by Crippen LogP contribution is 2.68. The Morgan fingerprint density at radius 3 is 1.33 bits per heavy atom. The second kappa shape index (κ2) is 12.4. The Hall–Kier alpha value is -7.78. The van der Waals surface area contributed by atoms with Gasteiger partial charge >= 0.3 is 0 Å². The predicted molar refractivity (Wildman–Crippen MR) is 267 cm³/mol. The highest BCUT2D eigenvalue weighted by Gasteiger charge is 2.55. The van der Waals surface area contributed by atoms with Crippen LogP contribution in [-0.2, 0) is 10.8 Å². The Labute approximate surface area is 375 Å². The van der Waals surface area contributed by atoms with Crippen LogP contribution in [0, 0.1) is 0 Å². The second-order valence-electron chi connectivity index (χ2n) is 17.8. The number of hydrogen-bond donors (Lipinski definition) is 0. The SMILES string of the molecule is c1ccc2c(c1)-c1ccccc1C21c2ccccc2-c2c(N(c3ccc4sc5ccccc5c4c3)c3cccc4c3C3(c5ccccc5-c5ccccc53)c3ccccc3-4)cccc21. The number of thiophene rings is 1. The van der Waals surface area contributed by atoms with Crippen LogP contribution in [0.25, 0.3) is 64.7 Å². The second-order valence-corrected chi connectivity index (χ2v) is 18.9. The first-order chi connectivity index (χ1) is 31.8. The minimum absolute atomic E-state index is 0.465. The molecule has 0 aliphatic heterocycles. The summed E-state index contributed by atoms with van der Waals surface area (Å²) < 4.78 is 2.61. The quantitative estimate of drug-likeness (QED) is 0.171. The molecule has 0 amide bonds. The predicted octanol–water partition coefficient (Wildman–Crippen LogP) is 16.2. The van der Waals surface area contributed by atoms with Crippen LogP contribution in [0.2, 0.25) is 0 Å². The van der Waals surface area contributed by atoms with Gasteiger partial charge in [-0.15, -0.1) is 11.3 Å². The maximum absolute atomic E-state index is 2.64. The van der Waals surface area contributed by atoms with Crippen molar-refractivity contribution in [2.24, 2.45) is 0 Å². The summed E-state index contributed by atoms with van der Waals surface area (Å²) in [4.78, 5) is 2.64. The summed E-state index contributed by atoms with van der Waals surface area (Å²) >= 11 is 1.88. The summed E-state index contributed by atoms with van der Waals surface area (Å²) in [6.45, 7) is 0. The smallest absolute Gasteiger partial charge is 0.0746 e. The van der Waals surface area contributed by atoms with Gasteiger partial charge in [-0.2, -0.15) is 0 Å². The Balaban J connectivity index is 1.10. The first-order valence-corrected chi connectivity index (χ1v) is 23.2. The molecular formula is C62H37NS. The minimum Gasteiger partial charge on any atom is -0.309 e. The van der Waals surface area contributed by atoms with Gasteiger partial charge in [-0.1, -0.05) is 188 Å². The van der Waals surface area contributed by atoms with Gasteiger partial charge in [0.2, 0.25) is 0 Å². The lowest BCUT2D eigenvalue weighted by Gasteiger charge is -2.36. The molecule has 0 unspecified atom stereocenters. The van der Waals surface area contributed by atoms with Gasteiger partial charge in [-0.3, -0.25) is 0 Å². The molecule has 0 radical (unpaired) electrons. The molecule has 1 heterocycles. The van der Waals surface area contributed by atoms with Crippen LogP contribution >= 0.6 is 11.3 Å². The molecule has 64 heavy (non-hydrogen) atoms. The van der Waals surface area contributed by atoms with E-state index in [4.69, 9.17) is 0 Å². The molecule has 0 saturated carbocycles. The molecule has 15 rings (SSSR count). The van der Waals surface area contributed by atoms with Crippen LogP contribution in [0.3, 0.4) is 0 Å². The van der Waals surface area contributed by atoms with Crippen molar-refractivity contribution in [2.45, 2.75) is 10.8 Å². The van der Waals surface area contributed by atoms with E-state index in [0.29, 0.717) is 0 Å². The lowest BCUT2D eigenvalue weighted by atomic mass is 9.70. The van der Waals surface area contributed by atoms with Gasteiger partial charge in [0.15, 0.2) is 0 Å². The number of hydrogen-bond acceptors (Lipinski definition) is 2. The van der Waals surface area contributed by atoms with E-state index in [2.05, 4.69) is 229 Å². The van der Waals surface area contributed by atoms with Crippen molar-refractivity contribution in [1.29, 1.82) is 0 Å². The molecule has 0 fully saturated rings. The van der Waals surface area contributed by atoms with Gasteiger partial charge in [-0.25, -0.2) is 0 Å². The van der Waals surface area contributed by atoms with E-state index in [0.717, 1.165) is 5.69 Å². The van der Waals surface area contributed by atoms with Crippen LogP contribution < -0.4 is 4.90 Å².